The third-order valence-electron chi connectivity index (χ3n) is 4.32. The predicted octanol–water partition coefficient (Wildman–Crippen LogP) is 2.37. The minimum Gasteiger partial charge on any atom is -0.444 e. The van der Waals surface area contributed by atoms with Gasteiger partial charge in [-0.15, -0.1) is 0 Å². The molecule has 2 aliphatic heterocycles. The number of benzene rings is 1. The van der Waals surface area contributed by atoms with Gasteiger partial charge in [-0.2, -0.15) is 5.06 Å². The summed E-state index contributed by atoms with van der Waals surface area (Å²) in [5, 5.41) is 1.00. The molecule has 1 aromatic carbocycles. The zero-order chi connectivity index (χ0) is 19.2. The lowest BCUT2D eigenvalue weighted by Crippen LogP contribution is -2.43. The average molecular weight is 374 g/mol. The Balaban J connectivity index is 1.65. The molecule has 27 heavy (non-hydrogen) atoms. The van der Waals surface area contributed by atoms with Crippen LogP contribution in [0.3, 0.4) is 0 Å². The van der Waals surface area contributed by atoms with Crippen molar-refractivity contribution in [1.82, 2.24) is 9.96 Å². The highest BCUT2D eigenvalue weighted by Gasteiger charge is 2.36. The lowest BCUT2D eigenvalue weighted by Gasteiger charge is -2.29. The number of imide groups is 1. The maximum absolute atomic E-state index is 12.4. The van der Waals surface area contributed by atoms with Crippen molar-refractivity contribution in [3.05, 3.63) is 48.0 Å². The molecule has 0 N–H and O–H groups in total. The van der Waals surface area contributed by atoms with Crippen LogP contribution in [0.5, 0.6) is 0 Å². The molecule has 0 radical (unpaired) electrons. The molecule has 1 atom stereocenters. The molecule has 0 aromatic heterocycles. The fourth-order valence-electron chi connectivity index (χ4n) is 2.96. The first-order valence-corrected chi connectivity index (χ1v) is 8.90. The fourth-order valence-corrected chi connectivity index (χ4v) is 2.96. The van der Waals surface area contributed by atoms with Crippen LogP contribution in [0.25, 0.3) is 0 Å². The second kappa shape index (κ2) is 8.79. The van der Waals surface area contributed by atoms with Gasteiger partial charge in [0.25, 0.3) is 11.8 Å². The van der Waals surface area contributed by atoms with Crippen LogP contribution in [0.4, 0.5) is 4.79 Å². The number of fused-ring (bicyclic) bond motifs is 1. The Morgan fingerprint density at radius 3 is 2.56 bits per heavy atom. The van der Waals surface area contributed by atoms with Crippen LogP contribution in [0.2, 0.25) is 0 Å². The first-order chi connectivity index (χ1) is 13.1. The van der Waals surface area contributed by atoms with Gasteiger partial charge in [-0.1, -0.05) is 24.8 Å². The third kappa shape index (κ3) is 4.35. The molecule has 0 spiro atoms. The first kappa shape index (κ1) is 19.1. The molecule has 2 heterocycles. The highest BCUT2D eigenvalue weighted by molar-refractivity contribution is 6.21. The van der Waals surface area contributed by atoms with Gasteiger partial charge in [-0.25, -0.2) is 9.63 Å². The number of rotatable bonds is 7. The lowest BCUT2D eigenvalue weighted by molar-refractivity contribution is -0.272. The smallest absolute Gasteiger partial charge is 0.434 e. The van der Waals surface area contributed by atoms with E-state index in [9.17, 15) is 14.4 Å². The van der Waals surface area contributed by atoms with Gasteiger partial charge in [-0.3, -0.25) is 14.5 Å². The molecule has 0 saturated carbocycles. The average Bonchev–Trinajstić information content (AvgIpc) is 2.94. The molecule has 8 nitrogen and oxygen atoms in total. The van der Waals surface area contributed by atoms with Gasteiger partial charge in [0.05, 0.1) is 17.7 Å². The van der Waals surface area contributed by atoms with Gasteiger partial charge in [0.1, 0.15) is 6.61 Å². The Morgan fingerprint density at radius 2 is 1.96 bits per heavy atom. The number of ether oxygens (including phenoxy) is 2. The minimum atomic E-state index is -0.722. The van der Waals surface area contributed by atoms with Crippen LogP contribution in [0.1, 0.15) is 40.0 Å². The van der Waals surface area contributed by atoms with Gasteiger partial charge >= 0.3 is 6.09 Å². The Bertz CT molecular complexity index is 694. The Hall–Kier alpha value is -2.71. The molecule has 1 fully saturated rings. The molecule has 1 saturated heterocycles. The van der Waals surface area contributed by atoms with E-state index in [2.05, 4.69) is 6.58 Å². The number of carbonyl (C=O) groups excluding carboxylic acids is 3. The van der Waals surface area contributed by atoms with Gasteiger partial charge < -0.3 is 9.47 Å². The molecule has 2 aliphatic rings. The quantitative estimate of drug-likeness (QED) is 0.414. The monoisotopic (exact) mass is 374 g/mol. The second-order valence-electron chi connectivity index (χ2n) is 6.18. The molecule has 3 rings (SSSR count). The number of hydrogen-bond donors (Lipinski definition) is 0. The topological polar surface area (TPSA) is 85.4 Å². The largest absolute Gasteiger partial charge is 0.444 e. The molecule has 1 unspecified atom stereocenters. The summed E-state index contributed by atoms with van der Waals surface area (Å²) in [6.45, 7) is 4.04. The van der Waals surface area contributed by atoms with Crippen molar-refractivity contribution in [2.24, 2.45) is 0 Å². The van der Waals surface area contributed by atoms with E-state index < -0.39 is 12.4 Å². The number of nitrogens with zero attached hydrogens (tertiary/aromatic N) is 2. The van der Waals surface area contributed by atoms with E-state index in [1.54, 1.807) is 24.3 Å². The summed E-state index contributed by atoms with van der Waals surface area (Å²) in [4.78, 5) is 43.8. The predicted molar refractivity (Wildman–Crippen MR) is 94.7 cm³/mol. The second-order valence-corrected chi connectivity index (χ2v) is 6.18. The van der Waals surface area contributed by atoms with E-state index in [0.717, 1.165) is 22.8 Å². The highest BCUT2D eigenvalue weighted by Crippen LogP contribution is 2.22. The summed E-state index contributed by atoms with van der Waals surface area (Å²) in [5.74, 6) is -0.771. The van der Waals surface area contributed by atoms with Gasteiger partial charge in [0, 0.05) is 19.6 Å². The third-order valence-corrected chi connectivity index (χ3v) is 4.32. The lowest BCUT2D eigenvalue weighted by atomic mass is 10.1. The fraction of sp³-hybridized carbons (Fsp3) is 0.421. The van der Waals surface area contributed by atoms with Crippen molar-refractivity contribution in [2.45, 2.75) is 25.6 Å². The van der Waals surface area contributed by atoms with Crippen LogP contribution in [0, 0.1) is 0 Å². The molecular formula is C19H22N2O6. The number of carbonyl (C=O) groups is 3. The number of amides is 3. The Labute approximate surface area is 157 Å². The van der Waals surface area contributed by atoms with E-state index in [0.29, 0.717) is 24.2 Å². The van der Waals surface area contributed by atoms with E-state index in [1.807, 2.05) is 0 Å². The van der Waals surface area contributed by atoms with Crippen molar-refractivity contribution in [3.63, 3.8) is 0 Å². The molecule has 8 heteroatoms. The molecular weight excluding hydrogens is 352 g/mol. The molecule has 1 aromatic rings. The molecule has 144 valence electrons. The van der Waals surface area contributed by atoms with Crippen LogP contribution in [-0.4, -0.2) is 60.5 Å². The van der Waals surface area contributed by atoms with E-state index in [1.165, 1.54) is 6.08 Å². The summed E-state index contributed by atoms with van der Waals surface area (Å²) < 4.78 is 10.5. The maximum atomic E-state index is 12.4. The van der Waals surface area contributed by atoms with Crippen LogP contribution < -0.4 is 0 Å². The van der Waals surface area contributed by atoms with Crippen LogP contribution in [0.15, 0.2) is 36.9 Å². The van der Waals surface area contributed by atoms with Crippen LogP contribution >= 0.6 is 0 Å². The molecule has 0 bridgehead atoms. The number of hydrogen-bond acceptors (Lipinski definition) is 6. The van der Waals surface area contributed by atoms with E-state index in [-0.39, 0.29) is 31.5 Å². The van der Waals surface area contributed by atoms with E-state index in [4.69, 9.17) is 14.3 Å². The van der Waals surface area contributed by atoms with E-state index >= 15 is 0 Å². The van der Waals surface area contributed by atoms with Crippen molar-refractivity contribution in [2.75, 3.05) is 26.3 Å². The Morgan fingerprint density at radius 1 is 1.26 bits per heavy atom. The standard InChI is InChI=1S/C19H22N2O6/c1-2-12-26-19(24)21(27-16-9-5-6-13-25-16)11-10-20-17(22)14-7-3-4-8-15(14)18(20)23/h2-4,7-8,16H,1,5-6,9-13H2. The molecule has 0 aliphatic carbocycles. The van der Waals surface area contributed by atoms with Gasteiger partial charge in [-0.05, 0) is 25.0 Å². The van der Waals surface area contributed by atoms with Crippen molar-refractivity contribution < 1.29 is 28.7 Å². The van der Waals surface area contributed by atoms with Gasteiger partial charge in [0.15, 0.2) is 6.29 Å². The summed E-state index contributed by atoms with van der Waals surface area (Å²) in [5.41, 5.74) is 0.722. The maximum Gasteiger partial charge on any atom is 0.434 e. The summed E-state index contributed by atoms with van der Waals surface area (Å²) in [6, 6.07) is 6.63. The summed E-state index contributed by atoms with van der Waals surface area (Å²) in [7, 11) is 0. The van der Waals surface area contributed by atoms with Gasteiger partial charge in [0.2, 0.25) is 0 Å². The van der Waals surface area contributed by atoms with Crippen molar-refractivity contribution >= 4 is 17.9 Å². The highest BCUT2D eigenvalue weighted by atomic mass is 16.8. The van der Waals surface area contributed by atoms with Crippen molar-refractivity contribution in [3.8, 4) is 0 Å². The number of hydroxylamine groups is 2. The summed E-state index contributed by atoms with van der Waals surface area (Å²) >= 11 is 0. The van der Waals surface area contributed by atoms with Crippen molar-refractivity contribution in [1.29, 1.82) is 0 Å². The minimum absolute atomic E-state index is 0.0117. The Kier molecular flexibility index (Phi) is 6.20. The molecule has 3 amide bonds. The van der Waals surface area contributed by atoms with Crippen LogP contribution in [-0.2, 0) is 14.3 Å². The zero-order valence-electron chi connectivity index (χ0n) is 15.0. The zero-order valence-corrected chi connectivity index (χ0v) is 15.0. The normalized spacial score (nSPS) is 19.0. The SMILES string of the molecule is C=CCOC(=O)N(CCN1C(=O)c2ccccc2C1=O)OC1CCCCO1. The summed E-state index contributed by atoms with van der Waals surface area (Å²) in [6.07, 6.45) is 2.68. The first-order valence-electron chi connectivity index (χ1n) is 8.90.